The summed E-state index contributed by atoms with van der Waals surface area (Å²) in [6, 6.07) is 17.1. The number of para-hydroxylation sites is 2. The summed E-state index contributed by atoms with van der Waals surface area (Å²) < 4.78 is 0. The van der Waals surface area contributed by atoms with Gasteiger partial charge in [-0.05, 0) is 24.3 Å². The largest absolute Gasteiger partial charge is 0.340 e. The van der Waals surface area contributed by atoms with Gasteiger partial charge in [0, 0.05) is 30.2 Å². The highest BCUT2D eigenvalue weighted by Gasteiger charge is 2.37. The second-order valence-electron chi connectivity index (χ2n) is 5.96. The van der Waals surface area contributed by atoms with Gasteiger partial charge in [0.2, 0.25) is 5.91 Å². The van der Waals surface area contributed by atoms with E-state index in [1.807, 2.05) is 53.4 Å². The van der Waals surface area contributed by atoms with Crippen LogP contribution in [0.4, 0.5) is 17.2 Å². The Morgan fingerprint density at radius 2 is 1.81 bits per heavy atom. The highest BCUT2D eigenvalue weighted by atomic mass is 16.2. The molecule has 6 nitrogen and oxygen atoms in total. The number of rotatable bonds is 3. The molecule has 1 aliphatic heterocycles. The molecule has 2 heterocycles. The number of fused-ring (bicyclic) bond motifs is 1. The molecule has 6 heteroatoms. The van der Waals surface area contributed by atoms with E-state index in [1.54, 1.807) is 6.07 Å². The van der Waals surface area contributed by atoms with Crippen LogP contribution in [0.2, 0.25) is 0 Å². The number of anilines is 3. The number of carbonyl (C=O) groups is 2. The lowest BCUT2D eigenvalue weighted by molar-refractivity contribution is -0.118. The number of amides is 1. The minimum Gasteiger partial charge on any atom is -0.340 e. The fraction of sp³-hybridized carbons (Fsp3) is 0.100. The Morgan fingerprint density at radius 1 is 1.04 bits per heavy atom. The number of ketones is 1. The first-order valence-electron chi connectivity index (χ1n) is 8.27. The van der Waals surface area contributed by atoms with E-state index in [9.17, 15) is 9.59 Å². The lowest BCUT2D eigenvalue weighted by Crippen LogP contribution is -2.43. The summed E-state index contributed by atoms with van der Waals surface area (Å²) in [5.74, 6) is -1.07. The van der Waals surface area contributed by atoms with Crippen LogP contribution in [0, 0.1) is 5.92 Å². The SMILES string of the molecule is O=C(Nc1cnccn1)C1CN(c2ccccc2)c2ccccc2C1=O. The van der Waals surface area contributed by atoms with Crippen LogP contribution in [0.1, 0.15) is 10.4 Å². The molecule has 0 bridgehead atoms. The molecule has 0 radical (unpaired) electrons. The third kappa shape index (κ3) is 2.93. The Balaban J connectivity index is 1.69. The van der Waals surface area contributed by atoms with Crippen molar-refractivity contribution in [2.75, 3.05) is 16.8 Å². The molecule has 1 unspecified atom stereocenters. The number of nitrogens with zero attached hydrogens (tertiary/aromatic N) is 3. The smallest absolute Gasteiger partial charge is 0.238 e. The molecule has 1 atom stereocenters. The molecule has 0 aliphatic carbocycles. The molecule has 0 spiro atoms. The maximum absolute atomic E-state index is 12.9. The number of Topliss-reactive ketones (excluding diaryl/α,β-unsaturated/α-hetero) is 1. The average molecular weight is 344 g/mol. The Morgan fingerprint density at radius 3 is 2.58 bits per heavy atom. The van der Waals surface area contributed by atoms with Crippen LogP contribution in [-0.2, 0) is 4.79 Å². The Hall–Kier alpha value is -3.54. The van der Waals surface area contributed by atoms with Gasteiger partial charge in [0.1, 0.15) is 5.92 Å². The van der Waals surface area contributed by atoms with E-state index < -0.39 is 5.92 Å². The normalized spacial score (nSPS) is 16.1. The van der Waals surface area contributed by atoms with Crippen LogP contribution < -0.4 is 10.2 Å². The van der Waals surface area contributed by atoms with Crippen molar-refractivity contribution < 1.29 is 9.59 Å². The topological polar surface area (TPSA) is 75.2 Å². The van der Waals surface area contributed by atoms with E-state index in [1.165, 1.54) is 18.6 Å². The molecule has 0 saturated heterocycles. The molecule has 2 aromatic carbocycles. The predicted octanol–water partition coefficient (Wildman–Crippen LogP) is 3.07. The van der Waals surface area contributed by atoms with Crippen LogP contribution in [0.15, 0.2) is 73.2 Å². The van der Waals surface area contributed by atoms with Crippen molar-refractivity contribution in [2.45, 2.75) is 0 Å². The van der Waals surface area contributed by atoms with E-state index in [0.717, 1.165) is 11.4 Å². The highest BCUT2D eigenvalue weighted by molar-refractivity contribution is 6.17. The van der Waals surface area contributed by atoms with Crippen LogP contribution in [0.3, 0.4) is 0 Å². The maximum atomic E-state index is 12.9. The zero-order valence-corrected chi connectivity index (χ0v) is 13.9. The Bertz CT molecular complexity index is 944. The predicted molar refractivity (Wildman–Crippen MR) is 98.4 cm³/mol. The molecule has 128 valence electrons. The summed E-state index contributed by atoms with van der Waals surface area (Å²) in [5, 5.41) is 2.68. The van der Waals surface area contributed by atoms with Gasteiger partial charge in [0.15, 0.2) is 11.6 Å². The second-order valence-corrected chi connectivity index (χ2v) is 5.96. The lowest BCUT2D eigenvalue weighted by Gasteiger charge is -2.34. The van der Waals surface area contributed by atoms with Crippen LogP contribution >= 0.6 is 0 Å². The van der Waals surface area contributed by atoms with Crippen molar-refractivity contribution in [3.05, 3.63) is 78.8 Å². The third-order valence-electron chi connectivity index (χ3n) is 4.34. The molecule has 1 amide bonds. The second kappa shape index (κ2) is 6.76. The van der Waals surface area contributed by atoms with Gasteiger partial charge in [0.05, 0.1) is 11.9 Å². The molecule has 3 aromatic rings. The number of aromatic nitrogens is 2. The molecule has 0 fully saturated rings. The van der Waals surface area contributed by atoms with E-state index in [4.69, 9.17) is 0 Å². The van der Waals surface area contributed by atoms with E-state index in [-0.39, 0.29) is 18.2 Å². The molecular weight excluding hydrogens is 328 g/mol. The van der Waals surface area contributed by atoms with Crippen LogP contribution in [-0.4, -0.2) is 28.2 Å². The number of nitrogens with one attached hydrogen (secondary N) is 1. The first kappa shape index (κ1) is 16.0. The van der Waals surface area contributed by atoms with Gasteiger partial charge in [-0.25, -0.2) is 4.98 Å². The summed E-state index contributed by atoms with van der Waals surface area (Å²) in [6.07, 6.45) is 4.47. The molecule has 4 rings (SSSR count). The van der Waals surface area contributed by atoms with Gasteiger partial charge in [-0.15, -0.1) is 0 Å². The number of benzene rings is 2. The molecule has 1 N–H and O–H groups in total. The van der Waals surface area contributed by atoms with Crippen LogP contribution in [0.5, 0.6) is 0 Å². The van der Waals surface area contributed by atoms with Gasteiger partial charge in [-0.3, -0.25) is 14.6 Å². The molecule has 1 aliphatic rings. The van der Waals surface area contributed by atoms with Crippen LogP contribution in [0.25, 0.3) is 0 Å². The minimum absolute atomic E-state index is 0.186. The van der Waals surface area contributed by atoms with Gasteiger partial charge in [-0.1, -0.05) is 30.3 Å². The van der Waals surface area contributed by atoms with Gasteiger partial charge in [-0.2, -0.15) is 0 Å². The quantitative estimate of drug-likeness (QED) is 0.739. The Kier molecular flexibility index (Phi) is 4.15. The molecular formula is C20H16N4O2. The van der Waals surface area contributed by atoms with Crippen molar-refractivity contribution in [1.29, 1.82) is 0 Å². The zero-order valence-electron chi connectivity index (χ0n) is 13.9. The highest BCUT2D eigenvalue weighted by Crippen LogP contribution is 2.35. The molecule has 0 saturated carbocycles. The summed E-state index contributed by atoms with van der Waals surface area (Å²) in [6.45, 7) is 0.270. The van der Waals surface area contributed by atoms with Gasteiger partial charge < -0.3 is 10.2 Å². The maximum Gasteiger partial charge on any atom is 0.238 e. The standard InChI is InChI=1S/C20H16N4O2/c25-19-15-8-4-5-9-17(15)24(14-6-2-1-3-7-14)13-16(19)20(26)23-18-12-21-10-11-22-18/h1-12,16H,13H2,(H,22,23,26). The monoisotopic (exact) mass is 344 g/mol. The molecule has 26 heavy (non-hydrogen) atoms. The molecule has 1 aromatic heterocycles. The minimum atomic E-state index is -0.827. The van der Waals surface area contributed by atoms with Crippen molar-refractivity contribution in [3.63, 3.8) is 0 Å². The fourth-order valence-electron chi connectivity index (χ4n) is 3.10. The summed E-state index contributed by atoms with van der Waals surface area (Å²) in [7, 11) is 0. The van der Waals surface area contributed by atoms with Crippen molar-refractivity contribution in [1.82, 2.24) is 9.97 Å². The van der Waals surface area contributed by atoms with Gasteiger partial charge >= 0.3 is 0 Å². The number of hydrogen-bond donors (Lipinski definition) is 1. The first-order valence-corrected chi connectivity index (χ1v) is 8.27. The van der Waals surface area contributed by atoms with E-state index >= 15 is 0 Å². The number of hydrogen-bond acceptors (Lipinski definition) is 5. The van der Waals surface area contributed by atoms with Crippen molar-refractivity contribution in [3.8, 4) is 0 Å². The average Bonchev–Trinajstić information content (AvgIpc) is 2.70. The summed E-state index contributed by atoms with van der Waals surface area (Å²) in [5.41, 5.74) is 2.29. The first-order chi connectivity index (χ1) is 12.7. The fourth-order valence-corrected chi connectivity index (χ4v) is 3.10. The summed E-state index contributed by atoms with van der Waals surface area (Å²) >= 11 is 0. The third-order valence-corrected chi connectivity index (χ3v) is 4.34. The van der Waals surface area contributed by atoms with E-state index in [0.29, 0.717) is 11.4 Å². The van der Waals surface area contributed by atoms with Crippen molar-refractivity contribution >= 4 is 28.9 Å². The van der Waals surface area contributed by atoms with Gasteiger partial charge in [0.25, 0.3) is 0 Å². The number of carbonyl (C=O) groups excluding carboxylic acids is 2. The van der Waals surface area contributed by atoms with Crippen molar-refractivity contribution in [2.24, 2.45) is 5.92 Å². The Labute approximate surface area is 150 Å². The van der Waals surface area contributed by atoms with E-state index in [2.05, 4.69) is 15.3 Å². The summed E-state index contributed by atoms with van der Waals surface area (Å²) in [4.78, 5) is 35.6. The lowest BCUT2D eigenvalue weighted by atomic mass is 9.90. The zero-order chi connectivity index (χ0) is 17.9.